The number of nitrogens with one attached hydrogen (secondary N) is 5. The van der Waals surface area contributed by atoms with E-state index in [1.807, 2.05) is 0 Å². The highest BCUT2D eigenvalue weighted by Gasteiger charge is 2.47. The smallest absolute Gasteiger partial charge is 0.462 e. The molecule has 85 heavy (non-hydrogen) atoms. The quantitative estimate of drug-likeness (QED) is 0.0196. The molecule has 3 unspecified atom stereocenters. The summed E-state index contributed by atoms with van der Waals surface area (Å²) in [5.74, 6) is -5.88. The lowest BCUT2D eigenvalue weighted by atomic mass is 9.96. The average Bonchev–Trinajstić information content (AvgIpc) is 2.45. The highest BCUT2D eigenvalue weighted by Crippen LogP contribution is 2.43. The first kappa shape index (κ1) is 78.7. The van der Waals surface area contributed by atoms with Gasteiger partial charge in [0.15, 0.2) is 12.4 Å². The highest BCUT2D eigenvalue weighted by molar-refractivity contribution is 7.47. The molecule has 1 rings (SSSR count). The van der Waals surface area contributed by atoms with Crippen molar-refractivity contribution in [2.75, 3.05) is 33.0 Å². The van der Waals surface area contributed by atoms with Gasteiger partial charge in [-0.1, -0.05) is 168 Å². The van der Waals surface area contributed by atoms with E-state index in [0.29, 0.717) is 12.8 Å². The first-order chi connectivity index (χ1) is 40.5. The van der Waals surface area contributed by atoms with Crippen molar-refractivity contribution in [1.82, 2.24) is 26.6 Å². The summed E-state index contributed by atoms with van der Waals surface area (Å²) in [5, 5.41) is 42.6. The van der Waals surface area contributed by atoms with Crippen LogP contribution in [0.1, 0.15) is 234 Å². The Labute approximate surface area is 505 Å². The van der Waals surface area contributed by atoms with Crippen molar-refractivity contribution in [3.05, 3.63) is 0 Å². The van der Waals surface area contributed by atoms with E-state index >= 15 is 0 Å². The molecule has 1 saturated heterocycles. The average molecular weight is 1240 g/mol. The molecule has 0 saturated carbocycles. The minimum Gasteiger partial charge on any atom is -0.462 e. The van der Waals surface area contributed by atoms with E-state index < -0.39 is 149 Å². The van der Waals surface area contributed by atoms with E-state index in [9.17, 15) is 63.1 Å². The number of amides is 6. The van der Waals surface area contributed by atoms with E-state index in [2.05, 4.69) is 40.4 Å². The maximum atomic E-state index is 13.0. The lowest BCUT2D eigenvalue weighted by Gasteiger charge is -2.43. The molecule has 0 aromatic heterocycles. The fourth-order valence-electron chi connectivity index (χ4n) is 9.46. The van der Waals surface area contributed by atoms with Crippen molar-refractivity contribution in [1.29, 1.82) is 0 Å². The molecule has 0 aromatic rings. The molecule has 0 aliphatic carbocycles. The summed E-state index contributed by atoms with van der Waals surface area (Å²) < 4.78 is 44.8. The molecular formula is C59H109N6O19P. The number of carbonyl (C=O) groups is 8. The van der Waals surface area contributed by atoms with Gasteiger partial charge in [-0.2, -0.15) is 0 Å². The summed E-state index contributed by atoms with van der Waals surface area (Å²) in [4.78, 5) is 112. The van der Waals surface area contributed by atoms with Gasteiger partial charge in [0.2, 0.25) is 35.4 Å². The van der Waals surface area contributed by atoms with Crippen LogP contribution in [0.5, 0.6) is 0 Å². The second-order valence-corrected chi connectivity index (χ2v) is 23.9. The predicted molar refractivity (Wildman–Crippen MR) is 318 cm³/mol. The molecule has 0 spiro atoms. The molecule has 0 aromatic carbocycles. The van der Waals surface area contributed by atoms with Crippen molar-refractivity contribution in [2.24, 2.45) is 5.73 Å². The molecule has 26 heteroatoms. The zero-order chi connectivity index (χ0) is 63.4. The molecule has 6 amide bonds. The number of carbonyl (C=O) groups excluding carboxylic acids is 8. The van der Waals surface area contributed by atoms with Crippen LogP contribution < -0.4 is 32.3 Å². The Hall–Kier alpha value is -4.33. The first-order valence-electron chi connectivity index (χ1n) is 31.5. The van der Waals surface area contributed by atoms with Crippen molar-refractivity contribution in [2.45, 2.75) is 295 Å². The van der Waals surface area contributed by atoms with Gasteiger partial charge in [0.05, 0.1) is 19.8 Å². The van der Waals surface area contributed by atoms with Crippen LogP contribution in [-0.2, 0) is 70.9 Å². The van der Waals surface area contributed by atoms with E-state index in [1.54, 1.807) is 0 Å². The van der Waals surface area contributed by atoms with Crippen LogP contribution in [0, 0.1) is 0 Å². The van der Waals surface area contributed by atoms with E-state index in [-0.39, 0.29) is 25.8 Å². The van der Waals surface area contributed by atoms with Gasteiger partial charge in [-0.25, -0.2) is 4.57 Å². The number of aliphatic hydroxyl groups excluding tert-OH is 3. The van der Waals surface area contributed by atoms with Crippen LogP contribution in [0.25, 0.3) is 0 Å². The maximum Gasteiger partial charge on any atom is 0.472 e. The van der Waals surface area contributed by atoms with Gasteiger partial charge >= 0.3 is 19.8 Å². The molecule has 0 bridgehead atoms. The normalized spacial score (nSPS) is 19.2. The molecule has 0 radical (unpaired) electrons. The van der Waals surface area contributed by atoms with Gasteiger partial charge in [0.1, 0.15) is 55.2 Å². The standard InChI is InChI=1S/C59H109N6O19P/c1-7-9-11-13-15-17-19-21-23-25-27-29-31-33-50(69)79-40-46(83-51(70)34-32-30-28-26-24-22-20-18-16-14-12-10-8-2)41-81-85(77,78)80-38-37-61-56(73)42(3)62-49(68)36-35-47(55(60)72)65-57(74)43(4)63-58(75)44(5)82-54-52(64-45(6)67)59(76)84-48(39-66)53(54)71/h42-44,46-48,52-54,59,66,71,76H,7-41H2,1-6H3,(H2,60,72)(H,61,73)(H,62,68)(H,63,75)(H,64,67)(H,65,74)(H,77,78)/t42-,43-,44+,46?,47+,48+,52+,53+,54+,59?/m0/s1. The van der Waals surface area contributed by atoms with E-state index in [0.717, 1.165) is 51.9 Å². The summed E-state index contributed by atoms with van der Waals surface area (Å²) in [5.41, 5.74) is 5.49. The molecule has 11 N–H and O–H groups in total. The maximum absolute atomic E-state index is 13.0. The predicted octanol–water partition coefficient (Wildman–Crippen LogP) is 5.76. The lowest BCUT2D eigenvalue weighted by molar-refractivity contribution is -0.266. The Morgan fingerprint density at radius 2 is 1.09 bits per heavy atom. The third-order valence-corrected chi connectivity index (χ3v) is 15.6. The monoisotopic (exact) mass is 1240 g/mol. The van der Waals surface area contributed by atoms with Gasteiger partial charge < -0.3 is 71.5 Å². The Balaban J connectivity index is 2.62. The molecule has 25 nitrogen and oxygen atoms in total. The second kappa shape index (κ2) is 47.7. The van der Waals surface area contributed by atoms with Crippen LogP contribution in [0.4, 0.5) is 0 Å². The fourth-order valence-corrected chi connectivity index (χ4v) is 10.2. The molecule has 494 valence electrons. The Kier molecular flexibility index (Phi) is 44.2. The lowest BCUT2D eigenvalue weighted by Crippen LogP contribution is -2.65. The number of unbranched alkanes of at least 4 members (excludes halogenated alkanes) is 24. The molecule has 1 heterocycles. The number of hydrogen-bond donors (Lipinski definition) is 10. The van der Waals surface area contributed by atoms with Gasteiger partial charge in [-0.05, 0) is 40.0 Å². The fraction of sp³-hybridized carbons (Fsp3) is 0.864. The van der Waals surface area contributed by atoms with Gasteiger partial charge in [-0.15, -0.1) is 0 Å². The third kappa shape index (κ3) is 38.5. The number of hydrogen-bond acceptors (Lipinski definition) is 18. The SMILES string of the molecule is CCCCCCCCCCCCCCCC(=O)OCC(COP(=O)(O)OCCNC(=O)[C@H](C)NC(=O)CC[C@@H](NC(=O)[C@H](C)NC(=O)[C@@H](C)O[C@H]1[C@H](O)[C@@H](CO)OC(O)[C@@H]1NC(C)=O)C(N)=O)OC(=O)CCCCCCCCCCCCCCC. The zero-order valence-corrected chi connectivity index (χ0v) is 52.9. The van der Waals surface area contributed by atoms with Gasteiger partial charge in [-0.3, -0.25) is 47.4 Å². The van der Waals surface area contributed by atoms with Crippen LogP contribution in [0.3, 0.4) is 0 Å². The third-order valence-electron chi connectivity index (χ3n) is 14.6. The van der Waals surface area contributed by atoms with E-state index in [4.69, 9.17) is 33.7 Å². The molecule has 11 atom stereocenters. The van der Waals surface area contributed by atoms with Crippen molar-refractivity contribution < 1.29 is 91.1 Å². The number of phosphoric ester groups is 1. The summed E-state index contributed by atoms with van der Waals surface area (Å²) in [6.07, 6.45) is 20.8. The number of primary amides is 1. The van der Waals surface area contributed by atoms with Gasteiger partial charge in [0, 0.05) is 32.7 Å². The van der Waals surface area contributed by atoms with Crippen LogP contribution >= 0.6 is 7.82 Å². The first-order valence-corrected chi connectivity index (χ1v) is 33.0. The largest absolute Gasteiger partial charge is 0.472 e. The molecule has 1 aliphatic heterocycles. The minimum absolute atomic E-state index is 0.110. The number of rotatable bonds is 52. The molecule has 1 fully saturated rings. The number of ether oxygens (including phenoxy) is 4. The number of nitrogens with two attached hydrogens (primary N) is 1. The number of phosphoric acid groups is 1. The van der Waals surface area contributed by atoms with Crippen LogP contribution in [0.2, 0.25) is 0 Å². The second-order valence-electron chi connectivity index (χ2n) is 22.4. The summed E-state index contributed by atoms with van der Waals surface area (Å²) in [6, 6.07) is -5.19. The van der Waals surface area contributed by atoms with Crippen molar-refractivity contribution in [3.63, 3.8) is 0 Å². The summed E-state index contributed by atoms with van der Waals surface area (Å²) in [6.45, 7) is 6.89. The van der Waals surface area contributed by atoms with Gasteiger partial charge in [0.25, 0.3) is 0 Å². The van der Waals surface area contributed by atoms with Crippen molar-refractivity contribution >= 4 is 55.2 Å². The Morgan fingerprint density at radius 1 is 0.612 bits per heavy atom. The number of aliphatic hydroxyl groups is 3. The topological polar surface area (TPSA) is 376 Å². The van der Waals surface area contributed by atoms with E-state index in [1.165, 1.54) is 130 Å². The Bertz CT molecular complexity index is 1960. The Morgan fingerprint density at radius 3 is 1.58 bits per heavy atom. The molecular weight excluding hydrogens is 1130 g/mol. The molecule has 1 aliphatic rings. The van der Waals surface area contributed by atoms with Crippen LogP contribution in [0.15, 0.2) is 0 Å². The summed E-state index contributed by atoms with van der Waals surface area (Å²) in [7, 11) is -4.80. The highest BCUT2D eigenvalue weighted by atomic mass is 31.2. The summed E-state index contributed by atoms with van der Waals surface area (Å²) >= 11 is 0. The van der Waals surface area contributed by atoms with Crippen LogP contribution in [-0.4, -0.2) is 162 Å². The zero-order valence-electron chi connectivity index (χ0n) is 52.0. The number of esters is 2. The van der Waals surface area contributed by atoms with Crippen molar-refractivity contribution in [3.8, 4) is 0 Å². The minimum atomic E-state index is -4.80.